The van der Waals surface area contributed by atoms with E-state index in [1.165, 1.54) is 4.90 Å². The summed E-state index contributed by atoms with van der Waals surface area (Å²) < 4.78 is 29.7. The van der Waals surface area contributed by atoms with E-state index in [4.69, 9.17) is 0 Å². The molecule has 1 atom stereocenters. The summed E-state index contributed by atoms with van der Waals surface area (Å²) in [5.74, 6) is 2.87. The van der Waals surface area contributed by atoms with Gasteiger partial charge in [0.25, 0.3) is 5.91 Å². The lowest BCUT2D eigenvalue weighted by Crippen LogP contribution is -2.34. The van der Waals surface area contributed by atoms with Crippen molar-refractivity contribution in [2.24, 2.45) is 0 Å². The first kappa shape index (κ1) is 18.1. The SMILES string of the molecule is O=C1C2Cc3ccccc3N2C(=O)N1c1c(F)cc(C#Cc2ccccc2)cc1F. The maximum absolute atomic E-state index is 14.8. The van der Waals surface area contributed by atoms with Crippen LogP contribution in [0.2, 0.25) is 0 Å². The third-order valence-corrected chi connectivity index (χ3v) is 5.24. The Morgan fingerprint density at radius 3 is 2.20 bits per heavy atom. The number of amides is 3. The highest BCUT2D eigenvalue weighted by atomic mass is 19.1. The zero-order valence-corrected chi connectivity index (χ0v) is 15.6. The van der Waals surface area contributed by atoms with Crippen molar-refractivity contribution >= 4 is 23.3 Å². The van der Waals surface area contributed by atoms with E-state index >= 15 is 0 Å². The number of carbonyl (C=O) groups excluding carboxylic acids is 2. The molecule has 0 spiro atoms. The number of anilines is 2. The van der Waals surface area contributed by atoms with Crippen molar-refractivity contribution in [1.29, 1.82) is 0 Å². The maximum Gasteiger partial charge on any atom is 0.336 e. The highest BCUT2D eigenvalue weighted by Gasteiger charge is 2.51. The van der Waals surface area contributed by atoms with Gasteiger partial charge in [0.05, 0.1) is 0 Å². The molecule has 0 aliphatic carbocycles. The zero-order valence-electron chi connectivity index (χ0n) is 15.6. The highest BCUT2D eigenvalue weighted by molar-refractivity contribution is 6.29. The number of para-hydroxylation sites is 1. The third kappa shape index (κ3) is 2.75. The maximum atomic E-state index is 14.8. The Hall–Kier alpha value is -3.98. The van der Waals surface area contributed by atoms with E-state index in [0.717, 1.165) is 17.7 Å². The van der Waals surface area contributed by atoms with E-state index in [9.17, 15) is 18.4 Å². The van der Waals surface area contributed by atoms with E-state index in [0.29, 0.717) is 22.6 Å². The van der Waals surface area contributed by atoms with Gasteiger partial charge in [-0.15, -0.1) is 0 Å². The first-order valence-corrected chi connectivity index (χ1v) is 9.36. The topological polar surface area (TPSA) is 40.6 Å². The molecule has 3 aromatic carbocycles. The predicted molar refractivity (Wildman–Crippen MR) is 108 cm³/mol. The molecule has 2 aliphatic heterocycles. The summed E-state index contributed by atoms with van der Waals surface area (Å²) >= 11 is 0. The summed E-state index contributed by atoms with van der Waals surface area (Å²) in [4.78, 5) is 27.7. The zero-order chi connectivity index (χ0) is 20.8. The fourth-order valence-corrected chi connectivity index (χ4v) is 3.89. The molecule has 4 nitrogen and oxygen atoms in total. The molecule has 0 saturated carbocycles. The summed E-state index contributed by atoms with van der Waals surface area (Å²) in [7, 11) is 0. The number of nitrogens with zero attached hydrogens (tertiary/aromatic N) is 2. The number of urea groups is 1. The van der Waals surface area contributed by atoms with E-state index < -0.39 is 35.3 Å². The molecular formula is C24H14F2N2O2. The molecule has 0 bridgehead atoms. The van der Waals surface area contributed by atoms with Crippen LogP contribution in [0.4, 0.5) is 25.0 Å². The first-order valence-electron chi connectivity index (χ1n) is 9.36. The first-order chi connectivity index (χ1) is 14.5. The second-order valence-electron chi connectivity index (χ2n) is 7.08. The minimum Gasteiger partial charge on any atom is -0.281 e. The minimum absolute atomic E-state index is 0.113. The fourth-order valence-electron chi connectivity index (χ4n) is 3.89. The molecule has 3 amide bonds. The van der Waals surface area contributed by atoms with E-state index in [-0.39, 0.29) is 5.56 Å². The van der Waals surface area contributed by atoms with Gasteiger partial charge in [0.2, 0.25) is 0 Å². The molecule has 3 aromatic rings. The molecule has 30 heavy (non-hydrogen) atoms. The van der Waals surface area contributed by atoms with Gasteiger partial charge in [0, 0.05) is 23.2 Å². The van der Waals surface area contributed by atoms with Gasteiger partial charge in [-0.25, -0.2) is 18.5 Å². The summed E-state index contributed by atoms with van der Waals surface area (Å²) in [6, 6.07) is 16.7. The Balaban J connectivity index is 1.51. The van der Waals surface area contributed by atoms with Gasteiger partial charge in [0.1, 0.15) is 11.7 Å². The molecule has 1 saturated heterocycles. The lowest BCUT2D eigenvalue weighted by molar-refractivity contribution is -0.117. The average Bonchev–Trinajstić information content (AvgIpc) is 3.24. The molecule has 146 valence electrons. The Morgan fingerprint density at radius 1 is 0.833 bits per heavy atom. The quantitative estimate of drug-likeness (QED) is 0.452. The van der Waals surface area contributed by atoms with Gasteiger partial charge in [0.15, 0.2) is 11.6 Å². The average molecular weight is 400 g/mol. The smallest absolute Gasteiger partial charge is 0.281 e. The third-order valence-electron chi connectivity index (χ3n) is 5.24. The monoisotopic (exact) mass is 400 g/mol. The Kier molecular flexibility index (Phi) is 4.11. The molecule has 2 heterocycles. The van der Waals surface area contributed by atoms with Crippen LogP contribution in [0.5, 0.6) is 0 Å². The van der Waals surface area contributed by atoms with Crippen LogP contribution < -0.4 is 9.80 Å². The lowest BCUT2D eigenvalue weighted by Gasteiger charge is -2.18. The number of benzene rings is 3. The van der Waals surface area contributed by atoms with Gasteiger partial charge in [-0.1, -0.05) is 48.2 Å². The minimum atomic E-state index is -1.01. The number of hydrogen-bond donors (Lipinski definition) is 0. The van der Waals surface area contributed by atoms with Crippen LogP contribution in [0, 0.1) is 23.5 Å². The molecule has 6 heteroatoms. The molecule has 0 N–H and O–H groups in total. The predicted octanol–water partition coefficient (Wildman–Crippen LogP) is 4.26. The van der Waals surface area contributed by atoms with Crippen molar-refractivity contribution in [3.8, 4) is 11.8 Å². The number of fused-ring (bicyclic) bond motifs is 3. The summed E-state index contributed by atoms with van der Waals surface area (Å²) in [6.07, 6.45) is 0.321. The highest BCUT2D eigenvalue weighted by Crippen LogP contribution is 2.40. The summed E-state index contributed by atoms with van der Waals surface area (Å²) in [5.41, 5.74) is 1.60. The van der Waals surface area contributed by atoms with Crippen LogP contribution in [-0.2, 0) is 11.2 Å². The van der Waals surface area contributed by atoms with Gasteiger partial charge >= 0.3 is 6.03 Å². The molecule has 2 aliphatic rings. The second-order valence-corrected chi connectivity index (χ2v) is 7.08. The van der Waals surface area contributed by atoms with Gasteiger partial charge in [-0.2, -0.15) is 0 Å². The number of carbonyl (C=O) groups is 2. The van der Waals surface area contributed by atoms with Crippen LogP contribution in [0.15, 0.2) is 66.7 Å². The number of imide groups is 1. The van der Waals surface area contributed by atoms with Crippen LogP contribution in [0.1, 0.15) is 16.7 Å². The fraction of sp³-hybridized carbons (Fsp3) is 0.0833. The van der Waals surface area contributed by atoms with Gasteiger partial charge < -0.3 is 0 Å². The second kappa shape index (κ2) is 6.82. The molecule has 1 fully saturated rings. The van der Waals surface area contributed by atoms with Crippen molar-refractivity contribution in [2.45, 2.75) is 12.5 Å². The Morgan fingerprint density at radius 2 is 1.47 bits per heavy atom. The van der Waals surface area contributed by atoms with E-state index in [1.54, 1.807) is 24.3 Å². The lowest BCUT2D eigenvalue weighted by atomic mass is 10.1. The molecule has 0 aromatic heterocycles. The van der Waals surface area contributed by atoms with Gasteiger partial charge in [-0.3, -0.25) is 9.69 Å². The van der Waals surface area contributed by atoms with Crippen LogP contribution in [-0.4, -0.2) is 18.0 Å². The Bertz CT molecular complexity index is 1240. The van der Waals surface area contributed by atoms with Crippen LogP contribution >= 0.6 is 0 Å². The van der Waals surface area contributed by atoms with Crippen molar-refractivity contribution in [2.75, 3.05) is 9.80 Å². The van der Waals surface area contributed by atoms with Crippen molar-refractivity contribution in [3.05, 3.63) is 95.1 Å². The number of halogens is 2. The largest absolute Gasteiger partial charge is 0.336 e. The van der Waals surface area contributed by atoms with Crippen LogP contribution in [0.3, 0.4) is 0 Å². The molecule has 1 unspecified atom stereocenters. The Labute approximate surface area is 171 Å². The van der Waals surface area contributed by atoms with E-state index in [2.05, 4.69) is 11.8 Å². The van der Waals surface area contributed by atoms with E-state index in [1.807, 2.05) is 30.3 Å². The number of rotatable bonds is 1. The van der Waals surface area contributed by atoms with Crippen molar-refractivity contribution in [3.63, 3.8) is 0 Å². The number of hydrogen-bond acceptors (Lipinski definition) is 2. The van der Waals surface area contributed by atoms with Crippen LogP contribution in [0.25, 0.3) is 0 Å². The van der Waals surface area contributed by atoms with Crippen molar-refractivity contribution < 1.29 is 18.4 Å². The molecule has 5 rings (SSSR count). The molecule has 0 radical (unpaired) electrons. The standard InChI is InChI=1S/C24H14F2N2O2/c25-18-12-16(11-10-15-6-2-1-3-7-15)13-19(26)22(18)28-23(29)21-14-17-8-4-5-9-20(17)27(21)24(28)30/h1-9,12-13,21H,14H2. The normalized spacial score (nSPS) is 16.9. The summed E-state index contributed by atoms with van der Waals surface area (Å²) in [5, 5.41) is 0. The molecular weight excluding hydrogens is 386 g/mol. The summed E-state index contributed by atoms with van der Waals surface area (Å²) in [6.45, 7) is 0. The van der Waals surface area contributed by atoms with Gasteiger partial charge in [-0.05, 0) is 35.9 Å². The van der Waals surface area contributed by atoms with Crippen molar-refractivity contribution in [1.82, 2.24) is 0 Å².